The fourth-order valence-corrected chi connectivity index (χ4v) is 1.01. The van der Waals surface area contributed by atoms with E-state index in [1.165, 1.54) is 5.69 Å². The lowest BCUT2D eigenvalue weighted by Gasteiger charge is -1.97. The van der Waals surface area contributed by atoms with Gasteiger partial charge in [0.25, 0.3) is 0 Å². The maximum Gasteiger partial charge on any atom is 0.120 e. The van der Waals surface area contributed by atoms with Gasteiger partial charge in [0, 0.05) is 25.4 Å². The summed E-state index contributed by atoms with van der Waals surface area (Å²) in [5, 5.41) is 4.02. The van der Waals surface area contributed by atoms with E-state index >= 15 is 0 Å². The number of aryl methyl sites for hydroxylation is 2. The minimum absolute atomic E-state index is 0.644. The van der Waals surface area contributed by atoms with Gasteiger partial charge in [-0.3, -0.25) is 4.68 Å². The fourth-order valence-electron chi connectivity index (χ4n) is 1.01. The first-order valence-corrected chi connectivity index (χ1v) is 3.75. The SMILES string of the molecule is Cn1nccc1CCCC=O. The Bertz CT molecular complexity index is 230. The Kier molecular flexibility index (Phi) is 2.83. The average Bonchev–Trinajstić information content (AvgIpc) is 2.37. The minimum Gasteiger partial charge on any atom is -0.303 e. The Balaban J connectivity index is 2.38. The number of hydrogen-bond donors (Lipinski definition) is 0. The molecule has 60 valence electrons. The van der Waals surface area contributed by atoms with Crippen molar-refractivity contribution in [2.75, 3.05) is 0 Å². The molecule has 0 saturated carbocycles. The van der Waals surface area contributed by atoms with Gasteiger partial charge in [0.2, 0.25) is 0 Å². The summed E-state index contributed by atoms with van der Waals surface area (Å²) in [6.07, 6.45) is 5.23. The molecule has 3 nitrogen and oxygen atoms in total. The van der Waals surface area contributed by atoms with Crippen LogP contribution in [0.2, 0.25) is 0 Å². The van der Waals surface area contributed by atoms with E-state index in [1.807, 2.05) is 17.8 Å². The number of carbonyl (C=O) groups is 1. The highest BCUT2D eigenvalue weighted by atomic mass is 16.1. The van der Waals surface area contributed by atoms with Gasteiger partial charge in [-0.1, -0.05) is 0 Å². The maximum absolute atomic E-state index is 10.00. The predicted octanol–water partition coefficient (Wildman–Crippen LogP) is 0.942. The van der Waals surface area contributed by atoms with Crippen LogP contribution in [0.5, 0.6) is 0 Å². The first kappa shape index (κ1) is 7.98. The number of aldehydes is 1. The van der Waals surface area contributed by atoms with Gasteiger partial charge in [0.15, 0.2) is 0 Å². The molecule has 0 aliphatic carbocycles. The van der Waals surface area contributed by atoms with E-state index in [4.69, 9.17) is 0 Å². The summed E-state index contributed by atoms with van der Waals surface area (Å²) < 4.78 is 1.84. The van der Waals surface area contributed by atoms with Crippen LogP contribution < -0.4 is 0 Å². The van der Waals surface area contributed by atoms with Gasteiger partial charge in [-0.25, -0.2) is 0 Å². The van der Waals surface area contributed by atoms with E-state index in [1.54, 1.807) is 6.20 Å². The van der Waals surface area contributed by atoms with E-state index in [2.05, 4.69) is 5.10 Å². The standard InChI is InChI=1S/C8H12N2O/c1-10-8(5-6-9-10)4-2-3-7-11/h5-7H,2-4H2,1H3. The van der Waals surface area contributed by atoms with E-state index in [9.17, 15) is 4.79 Å². The minimum atomic E-state index is 0.644. The monoisotopic (exact) mass is 152 g/mol. The second kappa shape index (κ2) is 3.91. The highest BCUT2D eigenvalue weighted by Crippen LogP contribution is 2.01. The largest absolute Gasteiger partial charge is 0.303 e. The summed E-state index contributed by atoms with van der Waals surface area (Å²) >= 11 is 0. The molecule has 0 aliphatic rings. The molecule has 0 spiro atoms. The van der Waals surface area contributed by atoms with Crippen molar-refractivity contribution in [2.24, 2.45) is 7.05 Å². The highest BCUT2D eigenvalue weighted by molar-refractivity contribution is 5.49. The molecular formula is C8H12N2O. The van der Waals surface area contributed by atoms with Gasteiger partial charge in [-0.05, 0) is 18.9 Å². The van der Waals surface area contributed by atoms with E-state index < -0.39 is 0 Å². The number of unbranched alkanes of at least 4 members (excludes halogenated alkanes) is 1. The number of rotatable bonds is 4. The molecule has 0 unspecified atom stereocenters. The molecule has 3 heteroatoms. The molecule has 1 aromatic heterocycles. The van der Waals surface area contributed by atoms with Gasteiger partial charge >= 0.3 is 0 Å². The summed E-state index contributed by atoms with van der Waals surface area (Å²) in [6.45, 7) is 0. The van der Waals surface area contributed by atoms with Crippen molar-refractivity contribution >= 4 is 6.29 Å². The lowest BCUT2D eigenvalue weighted by Crippen LogP contribution is -1.97. The zero-order chi connectivity index (χ0) is 8.10. The van der Waals surface area contributed by atoms with Crippen molar-refractivity contribution in [3.63, 3.8) is 0 Å². The zero-order valence-electron chi connectivity index (χ0n) is 6.66. The Hall–Kier alpha value is -1.12. The third-order valence-corrected chi connectivity index (χ3v) is 1.68. The second-order valence-corrected chi connectivity index (χ2v) is 2.51. The lowest BCUT2D eigenvalue weighted by atomic mass is 10.2. The van der Waals surface area contributed by atoms with Crippen molar-refractivity contribution in [2.45, 2.75) is 19.3 Å². The van der Waals surface area contributed by atoms with Crippen LogP contribution in [-0.2, 0) is 18.3 Å². The molecule has 0 atom stereocenters. The van der Waals surface area contributed by atoms with E-state index in [-0.39, 0.29) is 0 Å². The zero-order valence-corrected chi connectivity index (χ0v) is 6.66. The maximum atomic E-state index is 10.00. The molecule has 11 heavy (non-hydrogen) atoms. The van der Waals surface area contributed by atoms with Gasteiger partial charge in [-0.2, -0.15) is 5.10 Å². The molecule has 0 saturated heterocycles. The number of carbonyl (C=O) groups excluding carboxylic acids is 1. The quantitative estimate of drug-likeness (QED) is 0.475. The van der Waals surface area contributed by atoms with Crippen LogP contribution in [0.1, 0.15) is 18.5 Å². The molecule has 1 aromatic rings. The van der Waals surface area contributed by atoms with Gasteiger partial charge < -0.3 is 4.79 Å². The van der Waals surface area contributed by atoms with E-state index in [0.717, 1.165) is 19.1 Å². The van der Waals surface area contributed by atoms with E-state index in [0.29, 0.717) is 6.42 Å². The molecule has 0 aliphatic heterocycles. The van der Waals surface area contributed by atoms with Crippen LogP contribution in [-0.4, -0.2) is 16.1 Å². The average molecular weight is 152 g/mol. The summed E-state index contributed by atoms with van der Waals surface area (Å²) in [5.74, 6) is 0. The van der Waals surface area contributed by atoms with Crippen molar-refractivity contribution < 1.29 is 4.79 Å². The van der Waals surface area contributed by atoms with Crippen molar-refractivity contribution in [3.05, 3.63) is 18.0 Å². The molecule has 1 heterocycles. The molecular weight excluding hydrogens is 140 g/mol. The first-order valence-electron chi connectivity index (χ1n) is 3.75. The van der Waals surface area contributed by atoms with Crippen LogP contribution in [0.15, 0.2) is 12.3 Å². The summed E-state index contributed by atoms with van der Waals surface area (Å²) in [5.41, 5.74) is 1.19. The first-order chi connectivity index (χ1) is 5.34. The normalized spacial score (nSPS) is 9.91. The lowest BCUT2D eigenvalue weighted by molar-refractivity contribution is -0.107. The summed E-state index contributed by atoms with van der Waals surface area (Å²) in [7, 11) is 1.91. The topological polar surface area (TPSA) is 34.9 Å². The van der Waals surface area contributed by atoms with Crippen LogP contribution >= 0.6 is 0 Å². The van der Waals surface area contributed by atoms with Gasteiger partial charge in [0.05, 0.1) is 0 Å². The van der Waals surface area contributed by atoms with Gasteiger partial charge in [-0.15, -0.1) is 0 Å². The summed E-state index contributed by atoms with van der Waals surface area (Å²) in [4.78, 5) is 10.00. The Morgan fingerprint density at radius 3 is 3.09 bits per heavy atom. The molecule has 0 N–H and O–H groups in total. The Morgan fingerprint density at radius 2 is 2.55 bits per heavy atom. The third kappa shape index (κ3) is 2.18. The van der Waals surface area contributed by atoms with Crippen molar-refractivity contribution in [1.29, 1.82) is 0 Å². The number of nitrogens with zero attached hydrogens (tertiary/aromatic N) is 2. The number of hydrogen-bond acceptors (Lipinski definition) is 2. The molecule has 1 rings (SSSR count). The molecule has 0 bridgehead atoms. The van der Waals surface area contributed by atoms with Crippen molar-refractivity contribution in [3.8, 4) is 0 Å². The highest BCUT2D eigenvalue weighted by Gasteiger charge is 1.96. The summed E-state index contributed by atoms with van der Waals surface area (Å²) in [6, 6.07) is 1.98. The number of aromatic nitrogens is 2. The molecule has 0 amide bonds. The smallest absolute Gasteiger partial charge is 0.120 e. The van der Waals surface area contributed by atoms with Crippen LogP contribution in [0, 0.1) is 0 Å². The van der Waals surface area contributed by atoms with Gasteiger partial charge in [0.1, 0.15) is 6.29 Å². The molecule has 0 fully saturated rings. The van der Waals surface area contributed by atoms with Crippen LogP contribution in [0.3, 0.4) is 0 Å². The second-order valence-electron chi connectivity index (χ2n) is 2.51. The molecule has 0 radical (unpaired) electrons. The molecule has 0 aromatic carbocycles. The Morgan fingerprint density at radius 1 is 1.73 bits per heavy atom. The fraction of sp³-hybridized carbons (Fsp3) is 0.500. The van der Waals surface area contributed by atoms with Crippen LogP contribution in [0.25, 0.3) is 0 Å². The Labute approximate surface area is 66.0 Å². The third-order valence-electron chi connectivity index (χ3n) is 1.68. The predicted molar refractivity (Wildman–Crippen MR) is 42.2 cm³/mol. The van der Waals surface area contributed by atoms with Crippen molar-refractivity contribution in [1.82, 2.24) is 9.78 Å². The van der Waals surface area contributed by atoms with Crippen LogP contribution in [0.4, 0.5) is 0 Å².